The van der Waals surface area contributed by atoms with Crippen LogP contribution in [0.4, 0.5) is 29.3 Å². The number of halogens is 3. The molecule has 0 atom stereocenters. The Labute approximate surface area is 175 Å². The fourth-order valence-corrected chi connectivity index (χ4v) is 3.39. The van der Waals surface area contributed by atoms with Crippen LogP contribution in [0.25, 0.3) is 22.2 Å². The Hall–Kier alpha value is -3.94. The number of amides is 2. The van der Waals surface area contributed by atoms with Crippen molar-refractivity contribution in [2.24, 2.45) is 0 Å². The van der Waals surface area contributed by atoms with Gasteiger partial charge in [-0.25, -0.2) is 4.79 Å². The molecule has 0 radical (unpaired) electrons. The van der Waals surface area contributed by atoms with Crippen LogP contribution in [0.3, 0.4) is 0 Å². The van der Waals surface area contributed by atoms with E-state index < -0.39 is 12.4 Å². The maximum Gasteiger partial charge on any atom is 0.573 e. The summed E-state index contributed by atoms with van der Waals surface area (Å²) < 4.78 is 40.6. The van der Waals surface area contributed by atoms with Crippen molar-refractivity contribution >= 4 is 28.3 Å². The molecule has 1 aromatic heterocycles. The lowest BCUT2D eigenvalue weighted by Gasteiger charge is -2.13. The Kier molecular flexibility index (Phi) is 5.29. The number of benzene rings is 3. The van der Waals surface area contributed by atoms with Gasteiger partial charge in [0, 0.05) is 22.2 Å². The van der Waals surface area contributed by atoms with Gasteiger partial charge < -0.3 is 20.4 Å². The maximum absolute atomic E-state index is 12.5. The highest BCUT2D eigenvalue weighted by atomic mass is 19.4. The van der Waals surface area contributed by atoms with Gasteiger partial charge in [0.25, 0.3) is 0 Å². The molecular formula is C23H18F3N3O2. The molecule has 0 aliphatic heterocycles. The topological polar surface area (TPSA) is 66.2 Å². The van der Waals surface area contributed by atoms with Gasteiger partial charge in [-0.1, -0.05) is 36.4 Å². The molecule has 4 aromatic rings. The Bertz CT molecular complexity index is 1230. The predicted molar refractivity (Wildman–Crippen MR) is 114 cm³/mol. The zero-order valence-corrected chi connectivity index (χ0v) is 16.4. The van der Waals surface area contributed by atoms with Crippen LogP contribution >= 0.6 is 0 Å². The first-order valence-electron chi connectivity index (χ1n) is 9.41. The third-order valence-corrected chi connectivity index (χ3v) is 4.76. The van der Waals surface area contributed by atoms with Gasteiger partial charge in [0.05, 0.1) is 11.4 Å². The number of hydrogen-bond acceptors (Lipinski definition) is 2. The van der Waals surface area contributed by atoms with Gasteiger partial charge in [-0.2, -0.15) is 0 Å². The number of carbonyl (C=O) groups is 1. The first-order chi connectivity index (χ1) is 14.8. The van der Waals surface area contributed by atoms with Gasteiger partial charge in [0.15, 0.2) is 0 Å². The second-order valence-corrected chi connectivity index (χ2v) is 6.87. The normalized spacial score (nSPS) is 11.4. The maximum atomic E-state index is 12.5. The van der Waals surface area contributed by atoms with Gasteiger partial charge in [-0.05, 0) is 48.9 Å². The van der Waals surface area contributed by atoms with Crippen molar-refractivity contribution in [3.05, 3.63) is 78.4 Å². The molecule has 1 heterocycles. The van der Waals surface area contributed by atoms with E-state index in [0.717, 1.165) is 39.9 Å². The van der Waals surface area contributed by atoms with E-state index in [9.17, 15) is 18.0 Å². The molecule has 0 aliphatic rings. The highest BCUT2D eigenvalue weighted by molar-refractivity contribution is 6.03. The highest BCUT2D eigenvalue weighted by Gasteiger charge is 2.31. The smallest absolute Gasteiger partial charge is 0.406 e. The summed E-state index contributed by atoms with van der Waals surface area (Å²) in [6.07, 6.45) is -4.77. The monoisotopic (exact) mass is 425 g/mol. The van der Waals surface area contributed by atoms with Crippen LogP contribution in [-0.2, 0) is 0 Å². The van der Waals surface area contributed by atoms with Crippen molar-refractivity contribution in [3.63, 3.8) is 0 Å². The fraction of sp³-hybridized carbons (Fsp3) is 0.0870. The quantitative estimate of drug-likeness (QED) is 0.341. The molecule has 0 spiro atoms. The number of para-hydroxylation sites is 2. The number of aryl methyl sites for hydroxylation is 1. The van der Waals surface area contributed by atoms with Crippen LogP contribution < -0.4 is 15.4 Å². The summed E-state index contributed by atoms with van der Waals surface area (Å²) in [6, 6.07) is 19.7. The molecule has 0 fully saturated rings. The fourth-order valence-electron chi connectivity index (χ4n) is 3.39. The number of rotatable bonds is 4. The number of nitrogens with one attached hydrogen (secondary N) is 3. The third kappa shape index (κ3) is 4.63. The second-order valence-electron chi connectivity index (χ2n) is 6.87. The summed E-state index contributed by atoms with van der Waals surface area (Å²) in [7, 11) is 0. The van der Waals surface area contributed by atoms with E-state index in [-0.39, 0.29) is 5.75 Å². The summed E-state index contributed by atoms with van der Waals surface area (Å²) >= 11 is 0. The summed E-state index contributed by atoms with van der Waals surface area (Å²) in [4.78, 5) is 15.9. The Morgan fingerprint density at radius 2 is 1.58 bits per heavy atom. The SMILES string of the molecule is Cc1c(-c2ccccc2NC(=O)Nc2ccc(OC(F)(F)F)cc2)[nH]c2ccccc12. The van der Waals surface area contributed by atoms with Crippen molar-refractivity contribution in [3.8, 4) is 17.0 Å². The standard InChI is InChI=1S/C23H18F3N3O2/c1-14-17-6-2-4-8-19(17)28-21(14)18-7-3-5-9-20(18)29-22(30)27-15-10-12-16(13-11-15)31-23(24,25)26/h2-13,28H,1H3,(H2,27,29,30). The van der Waals surface area contributed by atoms with Crippen molar-refractivity contribution < 1.29 is 22.7 Å². The van der Waals surface area contributed by atoms with Crippen molar-refractivity contribution in [1.29, 1.82) is 0 Å². The highest BCUT2D eigenvalue weighted by Crippen LogP contribution is 2.34. The van der Waals surface area contributed by atoms with Crippen molar-refractivity contribution in [1.82, 2.24) is 4.98 Å². The van der Waals surface area contributed by atoms with Crippen LogP contribution in [0.15, 0.2) is 72.8 Å². The van der Waals surface area contributed by atoms with E-state index in [1.807, 2.05) is 43.3 Å². The second kappa shape index (κ2) is 8.06. The number of aromatic amines is 1. The molecule has 158 valence electrons. The molecule has 31 heavy (non-hydrogen) atoms. The molecular weight excluding hydrogens is 407 g/mol. The third-order valence-electron chi connectivity index (χ3n) is 4.76. The van der Waals surface area contributed by atoms with Crippen LogP contribution in [-0.4, -0.2) is 17.4 Å². The summed E-state index contributed by atoms with van der Waals surface area (Å²) in [5.41, 5.74) is 4.69. The molecule has 3 aromatic carbocycles. The molecule has 0 saturated carbocycles. The minimum Gasteiger partial charge on any atom is -0.406 e. The molecule has 0 bridgehead atoms. The van der Waals surface area contributed by atoms with Crippen LogP contribution in [0.1, 0.15) is 5.56 Å². The summed E-state index contributed by atoms with van der Waals surface area (Å²) in [6.45, 7) is 2.01. The Morgan fingerprint density at radius 3 is 2.29 bits per heavy atom. The number of urea groups is 1. The van der Waals surface area contributed by atoms with Gasteiger partial charge >= 0.3 is 12.4 Å². The van der Waals surface area contributed by atoms with E-state index in [0.29, 0.717) is 11.4 Å². The zero-order valence-electron chi connectivity index (χ0n) is 16.4. The number of ether oxygens (including phenoxy) is 1. The first kappa shape index (κ1) is 20.3. The van der Waals surface area contributed by atoms with Crippen molar-refractivity contribution in [2.75, 3.05) is 10.6 Å². The molecule has 4 rings (SSSR count). The number of carbonyl (C=O) groups excluding carboxylic acids is 1. The lowest BCUT2D eigenvalue weighted by molar-refractivity contribution is -0.274. The average molecular weight is 425 g/mol. The largest absolute Gasteiger partial charge is 0.573 e. The van der Waals surface area contributed by atoms with E-state index in [4.69, 9.17) is 0 Å². The molecule has 0 unspecified atom stereocenters. The minimum absolute atomic E-state index is 0.325. The van der Waals surface area contributed by atoms with Gasteiger partial charge in [0.2, 0.25) is 0 Å². The molecule has 2 amide bonds. The zero-order chi connectivity index (χ0) is 22.0. The molecule has 0 aliphatic carbocycles. The Balaban J connectivity index is 1.52. The van der Waals surface area contributed by atoms with Crippen LogP contribution in [0.2, 0.25) is 0 Å². The van der Waals surface area contributed by atoms with E-state index in [1.54, 1.807) is 12.1 Å². The average Bonchev–Trinajstić information content (AvgIpc) is 3.05. The number of fused-ring (bicyclic) bond motifs is 1. The number of hydrogen-bond donors (Lipinski definition) is 3. The number of H-pyrrole nitrogens is 1. The van der Waals surface area contributed by atoms with Gasteiger partial charge in [0.1, 0.15) is 5.75 Å². The lowest BCUT2D eigenvalue weighted by atomic mass is 10.0. The van der Waals surface area contributed by atoms with E-state index >= 15 is 0 Å². The van der Waals surface area contributed by atoms with Gasteiger partial charge in [-0.15, -0.1) is 13.2 Å². The Morgan fingerprint density at radius 1 is 0.903 bits per heavy atom. The number of aromatic nitrogens is 1. The van der Waals surface area contributed by atoms with Crippen molar-refractivity contribution in [2.45, 2.75) is 13.3 Å². The predicted octanol–water partition coefficient (Wildman–Crippen LogP) is 6.69. The van der Waals surface area contributed by atoms with E-state index in [2.05, 4.69) is 20.4 Å². The molecule has 0 saturated heterocycles. The minimum atomic E-state index is -4.77. The van der Waals surface area contributed by atoms with Crippen LogP contribution in [0, 0.1) is 6.92 Å². The number of anilines is 2. The number of alkyl halides is 3. The van der Waals surface area contributed by atoms with E-state index in [1.165, 1.54) is 12.1 Å². The summed E-state index contributed by atoms with van der Waals surface area (Å²) in [5.74, 6) is -0.363. The molecule has 8 heteroatoms. The van der Waals surface area contributed by atoms with Gasteiger partial charge in [-0.3, -0.25) is 0 Å². The first-order valence-corrected chi connectivity index (χ1v) is 9.41. The molecule has 3 N–H and O–H groups in total. The lowest BCUT2D eigenvalue weighted by Crippen LogP contribution is -2.20. The molecule has 5 nitrogen and oxygen atoms in total. The van der Waals surface area contributed by atoms with Crippen LogP contribution in [0.5, 0.6) is 5.75 Å². The summed E-state index contributed by atoms with van der Waals surface area (Å²) in [5, 5.41) is 6.50.